The number of esters is 3. The van der Waals surface area contributed by atoms with Crippen molar-refractivity contribution in [3.8, 4) is 0 Å². The monoisotopic (exact) mass is 306 g/mol. The molecule has 0 radical (unpaired) electrons. The van der Waals surface area contributed by atoms with E-state index in [0.717, 1.165) is 0 Å². The van der Waals surface area contributed by atoms with Gasteiger partial charge in [-0.25, -0.2) is 0 Å². The highest BCUT2D eigenvalue weighted by Crippen LogP contribution is 2.14. The Morgan fingerprint density at radius 2 is 1.29 bits per heavy atom. The van der Waals surface area contributed by atoms with E-state index in [9.17, 15) is 14.4 Å². The molecular formula is C13H22O8. The first-order valence-electron chi connectivity index (χ1n) is 6.31. The molecule has 0 N–H and O–H groups in total. The van der Waals surface area contributed by atoms with Crippen molar-refractivity contribution in [1.82, 2.24) is 0 Å². The molecule has 0 fully saturated rings. The number of carbonyl (C=O) groups is 3. The minimum atomic E-state index is -0.920. The molecule has 8 heteroatoms. The standard InChI is InChI=1S/C13H22O8/c1-8(14)19-7-12(21-10(3)16)13(18-5)11(6-17-4)20-9(2)15/h11-13H,6-7H2,1-5H3. The van der Waals surface area contributed by atoms with Crippen molar-refractivity contribution >= 4 is 17.9 Å². The summed E-state index contributed by atoms with van der Waals surface area (Å²) in [4.78, 5) is 33.2. The molecule has 3 atom stereocenters. The first kappa shape index (κ1) is 19.3. The fourth-order valence-electron chi connectivity index (χ4n) is 1.72. The number of hydrogen-bond acceptors (Lipinski definition) is 8. The van der Waals surface area contributed by atoms with Crippen LogP contribution in [-0.2, 0) is 38.1 Å². The molecule has 0 heterocycles. The van der Waals surface area contributed by atoms with Crippen LogP contribution in [0.1, 0.15) is 20.8 Å². The van der Waals surface area contributed by atoms with E-state index in [0.29, 0.717) is 0 Å². The molecule has 0 aliphatic rings. The Hall–Kier alpha value is -1.67. The maximum absolute atomic E-state index is 11.2. The highest BCUT2D eigenvalue weighted by Gasteiger charge is 2.35. The smallest absolute Gasteiger partial charge is 0.303 e. The molecule has 0 spiro atoms. The Labute approximate surface area is 123 Å². The van der Waals surface area contributed by atoms with E-state index in [2.05, 4.69) is 0 Å². The summed E-state index contributed by atoms with van der Waals surface area (Å²) in [6.45, 7) is 3.50. The predicted molar refractivity (Wildman–Crippen MR) is 70.4 cm³/mol. The summed E-state index contributed by atoms with van der Waals surface area (Å²) >= 11 is 0. The molecule has 0 aromatic heterocycles. The lowest BCUT2D eigenvalue weighted by atomic mass is 10.1. The molecule has 0 saturated heterocycles. The van der Waals surface area contributed by atoms with Crippen LogP contribution in [-0.4, -0.2) is 63.7 Å². The molecule has 0 aromatic carbocycles. The van der Waals surface area contributed by atoms with Crippen molar-refractivity contribution in [3.05, 3.63) is 0 Å². The Morgan fingerprint density at radius 1 is 0.810 bits per heavy atom. The second-order valence-electron chi connectivity index (χ2n) is 4.25. The first-order valence-corrected chi connectivity index (χ1v) is 6.31. The fraction of sp³-hybridized carbons (Fsp3) is 0.769. The van der Waals surface area contributed by atoms with Crippen molar-refractivity contribution in [2.45, 2.75) is 39.1 Å². The van der Waals surface area contributed by atoms with Gasteiger partial charge in [-0.3, -0.25) is 14.4 Å². The topological polar surface area (TPSA) is 97.4 Å². The van der Waals surface area contributed by atoms with Gasteiger partial charge in [0, 0.05) is 35.0 Å². The van der Waals surface area contributed by atoms with E-state index in [1.807, 2.05) is 0 Å². The Bertz CT molecular complexity index is 354. The van der Waals surface area contributed by atoms with Crippen molar-refractivity contribution < 1.29 is 38.1 Å². The van der Waals surface area contributed by atoms with Crippen molar-refractivity contribution in [1.29, 1.82) is 0 Å². The summed E-state index contributed by atoms with van der Waals surface area (Å²) in [5.41, 5.74) is 0. The van der Waals surface area contributed by atoms with Crippen LogP contribution in [0.4, 0.5) is 0 Å². The van der Waals surface area contributed by atoms with Crippen LogP contribution in [0.5, 0.6) is 0 Å². The van der Waals surface area contributed by atoms with Gasteiger partial charge in [0.25, 0.3) is 0 Å². The van der Waals surface area contributed by atoms with E-state index in [4.69, 9.17) is 23.7 Å². The Balaban J connectivity index is 5.06. The van der Waals surface area contributed by atoms with Crippen LogP contribution in [0.2, 0.25) is 0 Å². The molecule has 0 aliphatic carbocycles. The zero-order chi connectivity index (χ0) is 16.4. The van der Waals surface area contributed by atoms with Gasteiger partial charge in [-0.15, -0.1) is 0 Å². The van der Waals surface area contributed by atoms with Gasteiger partial charge in [-0.1, -0.05) is 0 Å². The molecule has 0 rings (SSSR count). The number of methoxy groups -OCH3 is 2. The summed E-state index contributed by atoms with van der Waals surface area (Å²) in [6.07, 6.45) is -2.56. The SMILES string of the molecule is COCC(OC(C)=O)C(OC)C(COC(C)=O)OC(C)=O. The fourth-order valence-corrected chi connectivity index (χ4v) is 1.72. The average Bonchev–Trinajstić information content (AvgIpc) is 2.35. The lowest BCUT2D eigenvalue weighted by molar-refractivity contribution is -0.183. The summed E-state index contributed by atoms with van der Waals surface area (Å²) in [5.74, 6) is -1.64. The van der Waals surface area contributed by atoms with Crippen LogP contribution in [0, 0.1) is 0 Å². The summed E-state index contributed by atoms with van der Waals surface area (Å²) in [6, 6.07) is 0. The number of rotatable bonds is 9. The van der Waals surface area contributed by atoms with E-state index in [1.165, 1.54) is 35.0 Å². The maximum atomic E-state index is 11.2. The molecule has 21 heavy (non-hydrogen) atoms. The highest BCUT2D eigenvalue weighted by molar-refractivity contribution is 5.67. The van der Waals surface area contributed by atoms with Crippen LogP contribution in [0.25, 0.3) is 0 Å². The van der Waals surface area contributed by atoms with Crippen LogP contribution in [0.3, 0.4) is 0 Å². The third-order valence-corrected chi connectivity index (χ3v) is 2.42. The van der Waals surface area contributed by atoms with Crippen LogP contribution < -0.4 is 0 Å². The van der Waals surface area contributed by atoms with Gasteiger partial charge < -0.3 is 23.7 Å². The van der Waals surface area contributed by atoms with Gasteiger partial charge in [0.2, 0.25) is 0 Å². The summed E-state index contributed by atoms with van der Waals surface area (Å²) in [5, 5.41) is 0. The molecule has 3 unspecified atom stereocenters. The van der Waals surface area contributed by atoms with Gasteiger partial charge in [0.15, 0.2) is 12.2 Å². The third kappa shape index (κ3) is 8.26. The van der Waals surface area contributed by atoms with Gasteiger partial charge in [0.1, 0.15) is 12.7 Å². The molecule has 0 saturated carbocycles. The zero-order valence-corrected chi connectivity index (χ0v) is 12.9. The maximum Gasteiger partial charge on any atom is 0.303 e. The van der Waals surface area contributed by atoms with Crippen molar-refractivity contribution in [2.75, 3.05) is 27.4 Å². The van der Waals surface area contributed by atoms with Crippen LogP contribution in [0.15, 0.2) is 0 Å². The van der Waals surface area contributed by atoms with Gasteiger partial charge in [-0.05, 0) is 0 Å². The minimum absolute atomic E-state index is 0.0376. The summed E-state index contributed by atoms with van der Waals surface area (Å²) < 4.78 is 25.2. The van der Waals surface area contributed by atoms with Gasteiger partial charge >= 0.3 is 17.9 Å². The minimum Gasteiger partial charge on any atom is -0.462 e. The molecule has 0 aromatic rings. The van der Waals surface area contributed by atoms with Crippen molar-refractivity contribution in [3.63, 3.8) is 0 Å². The second kappa shape index (κ2) is 10.1. The normalized spacial score (nSPS) is 14.7. The largest absolute Gasteiger partial charge is 0.462 e. The molecular weight excluding hydrogens is 284 g/mol. The van der Waals surface area contributed by atoms with E-state index < -0.39 is 36.2 Å². The predicted octanol–water partition coefficient (Wildman–Crippen LogP) is 0.0743. The van der Waals surface area contributed by atoms with E-state index in [-0.39, 0.29) is 13.2 Å². The highest BCUT2D eigenvalue weighted by atomic mass is 16.6. The second-order valence-corrected chi connectivity index (χ2v) is 4.25. The molecule has 0 bridgehead atoms. The zero-order valence-electron chi connectivity index (χ0n) is 12.9. The lowest BCUT2D eigenvalue weighted by Crippen LogP contribution is -2.47. The molecule has 0 amide bonds. The van der Waals surface area contributed by atoms with Gasteiger partial charge in [0.05, 0.1) is 6.61 Å². The third-order valence-electron chi connectivity index (χ3n) is 2.42. The average molecular weight is 306 g/mol. The lowest BCUT2D eigenvalue weighted by Gasteiger charge is -2.30. The molecule has 0 aliphatic heterocycles. The van der Waals surface area contributed by atoms with Crippen molar-refractivity contribution in [2.24, 2.45) is 0 Å². The van der Waals surface area contributed by atoms with E-state index >= 15 is 0 Å². The summed E-state index contributed by atoms with van der Waals surface area (Å²) in [7, 11) is 2.79. The molecule has 122 valence electrons. The Morgan fingerprint density at radius 3 is 1.62 bits per heavy atom. The van der Waals surface area contributed by atoms with Crippen LogP contribution >= 0.6 is 0 Å². The van der Waals surface area contributed by atoms with Gasteiger partial charge in [-0.2, -0.15) is 0 Å². The molecule has 8 nitrogen and oxygen atoms in total. The number of ether oxygens (including phenoxy) is 5. The number of hydrogen-bond donors (Lipinski definition) is 0. The quantitative estimate of drug-likeness (QED) is 0.436. The first-order chi connectivity index (χ1) is 9.81. The Kier molecular flexibility index (Phi) is 9.31. The number of carbonyl (C=O) groups excluding carboxylic acids is 3. The van der Waals surface area contributed by atoms with E-state index in [1.54, 1.807) is 0 Å².